The Morgan fingerprint density at radius 3 is 2.70 bits per heavy atom. The second kappa shape index (κ2) is 7.43. The highest BCUT2D eigenvalue weighted by atomic mass is 35.5. The predicted octanol–water partition coefficient (Wildman–Crippen LogP) is 4.25. The van der Waals surface area contributed by atoms with Gasteiger partial charge in [0, 0.05) is 16.9 Å². The number of para-hydroxylation sites is 1. The first kappa shape index (κ1) is 16.5. The Hall–Kier alpha value is -2.84. The Labute approximate surface area is 138 Å². The number of nitrogens with zero attached hydrogens (tertiary/aromatic N) is 1. The van der Waals surface area contributed by atoms with Gasteiger partial charge in [0.1, 0.15) is 17.5 Å². The van der Waals surface area contributed by atoms with E-state index in [0.29, 0.717) is 10.7 Å². The quantitative estimate of drug-likeness (QED) is 0.651. The van der Waals surface area contributed by atoms with Crippen LogP contribution in [0.25, 0.3) is 0 Å². The summed E-state index contributed by atoms with van der Waals surface area (Å²) >= 11 is 5.89. The van der Waals surface area contributed by atoms with E-state index >= 15 is 0 Å². The van der Waals surface area contributed by atoms with Gasteiger partial charge in [-0.05, 0) is 36.8 Å². The SMILES string of the molecule is Cc1ccc(Cl)cc1NC(=O)/C(C#N)=C\Nc1ccccc1F. The first-order valence-corrected chi connectivity index (χ1v) is 7.08. The monoisotopic (exact) mass is 329 g/mol. The van der Waals surface area contributed by atoms with Gasteiger partial charge < -0.3 is 10.6 Å². The Kier molecular flexibility index (Phi) is 5.34. The molecule has 0 aliphatic heterocycles. The zero-order valence-corrected chi connectivity index (χ0v) is 13.0. The van der Waals surface area contributed by atoms with Crippen LogP contribution in [-0.2, 0) is 4.79 Å². The van der Waals surface area contributed by atoms with Gasteiger partial charge in [-0.25, -0.2) is 4.39 Å². The molecule has 0 saturated carbocycles. The lowest BCUT2D eigenvalue weighted by Gasteiger charge is -2.08. The predicted molar refractivity (Wildman–Crippen MR) is 88.5 cm³/mol. The minimum absolute atomic E-state index is 0.173. The molecule has 1 amide bonds. The lowest BCUT2D eigenvalue weighted by atomic mass is 10.2. The maximum atomic E-state index is 13.5. The highest BCUT2D eigenvalue weighted by Crippen LogP contribution is 2.21. The highest BCUT2D eigenvalue weighted by molar-refractivity contribution is 6.31. The molecule has 0 radical (unpaired) electrons. The average Bonchev–Trinajstić information content (AvgIpc) is 2.53. The van der Waals surface area contributed by atoms with E-state index < -0.39 is 11.7 Å². The number of hydrogen-bond acceptors (Lipinski definition) is 3. The number of anilines is 2. The van der Waals surface area contributed by atoms with Crippen LogP contribution < -0.4 is 10.6 Å². The first-order chi connectivity index (χ1) is 11.0. The lowest BCUT2D eigenvalue weighted by molar-refractivity contribution is -0.112. The number of nitrogens with one attached hydrogen (secondary N) is 2. The van der Waals surface area contributed by atoms with Gasteiger partial charge in [0.05, 0.1) is 5.69 Å². The molecule has 0 aromatic heterocycles. The summed E-state index contributed by atoms with van der Waals surface area (Å²) in [6, 6.07) is 12.8. The van der Waals surface area contributed by atoms with Crippen LogP contribution in [0.3, 0.4) is 0 Å². The van der Waals surface area contributed by atoms with Gasteiger partial charge in [0.25, 0.3) is 5.91 Å². The number of hydrogen-bond donors (Lipinski definition) is 2. The van der Waals surface area contributed by atoms with Gasteiger partial charge in [-0.1, -0.05) is 29.8 Å². The zero-order chi connectivity index (χ0) is 16.8. The van der Waals surface area contributed by atoms with E-state index in [4.69, 9.17) is 16.9 Å². The number of benzene rings is 2. The molecule has 0 unspecified atom stereocenters. The zero-order valence-electron chi connectivity index (χ0n) is 12.2. The fourth-order valence-corrected chi connectivity index (χ4v) is 1.97. The summed E-state index contributed by atoms with van der Waals surface area (Å²) in [4.78, 5) is 12.1. The normalized spacial score (nSPS) is 10.8. The van der Waals surface area contributed by atoms with E-state index in [1.54, 1.807) is 43.3 Å². The van der Waals surface area contributed by atoms with Crippen LogP contribution >= 0.6 is 11.6 Å². The molecule has 6 heteroatoms. The molecule has 4 nitrogen and oxygen atoms in total. The molecule has 116 valence electrons. The summed E-state index contributed by atoms with van der Waals surface area (Å²) in [6.07, 6.45) is 1.16. The first-order valence-electron chi connectivity index (χ1n) is 6.70. The number of carbonyl (C=O) groups is 1. The molecule has 0 bridgehead atoms. The van der Waals surface area contributed by atoms with E-state index in [1.165, 1.54) is 12.1 Å². The lowest BCUT2D eigenvalue weighted by Crippen LogP contribution is -2.15. The smallest absolute Gasteiger partial charge is 0.267 e. The number of nitriles is 1. The summed E-state index contributed by atoms with van der Waals surface area (Å²) in [6.45, 7) is 1.80. The van der Waals surface area contributed by atoms with Crippen molar-refractivity contribution in [3.63, 3.8) is 0 Å². The minimum Gasteiger partial charge on any atom is -0.358 e. The summed E-state index contributed by atoms with van der Waals surface area (Å²) in [5.74, 6) is -1.09. The largest absolute Gasteiger partial charge is 0.358 e. The third-order valence-corrected chi connectivity index (χ3v) is 3.29. The van der Waals surface area contributed by atoms with Crippen LogP contribution in [-0.4, -0.2) is 5.91 Å². The molecule has 2 N–H and O–H groups in total. The van der Waals surface area contributed by atoms with E-state index in [-0.39, 0.29) is 11.3 Å². The van der Waals surface area contributed by atoms with Crippen molar-refractivity contribution in [1.29, 1.82) is 5.26 Å². The Morgan fingerprint density at radius 1 is 1.26 bits per heavy atom. The summed E-state index contributed by atoms with van der Waals surface area (Å²) in [5, 5.41) is 14.8. The molecule has 0 saturated heterocycles. The number of halogens is 2. The highest BCUT2D eigenvalue weighted by Gasteiger charge is 2.11. The molecule has 2 rings (SSSR count). The standard InChI is InChI=1S/C17H13ClFN3O/c1-11-6-7-13(18)8-16(11)22-17(23)12(9-20)10-21-15-5-3-2-4-14(15)19/h2-8,10,21H,1H3,(H,22,23)/b12-10-. The maximum Gasteiger partial charge on any atom is 0.267 e. The van der Waals surface area contributed by atoms with Crippen LogP contribution in [0.15, 0.2) is 54.2 Å². The van der Waals surface area contributed by atoms with Gasteiger partial charge in [-0.3, -0.25) is 4.79 Å². The van der Waals surface area contributed by atoms with Crippen LogP contribution in [0.4, 0.5) is 15.8 Å². The van der Waals surface area contributed by atoms with Crippen molar-refractivity contribution >= 4 is 28.9 Å². The second-order valence-electron chi connectivity index (χ2n) is 4.71. The number of carbonyl (C=O) groups excluding carboxylic acids is 1. The van der Waals surface area contributed by atoms with Crippen molar-refractivity contribution in [2.75, 3.05) is 10.6 Å². The molecule has 0 aliphatic carbocycles. The maximum absolute atomic E-state index is 13.5. The van der Waals surface area contributed by atoms with E-state index in [2.05, 4.69) is 10.6 Å². The second-order valence-corrected chi connectivity index (χ2v) is 5.14. The molecule has 2 aromatic carbocycles. The molecule has 23 heavy (non-hydrogen) atoms. The topological polar surface area (TPSA) is 64.9 Å². The van der Waals surface area contributed by atoms with E-state index in [1.807, 2.05) is 0 Å². The van der Waals surface area contributed by atoms with Crippen LogP contribution in [0.1, 0.15) is 5.56 Å². The fraction of sp³-hybridized carbons (Fsp3) is 0.0588. The summed E-state index contributed by atoms with van der Waals surface area (Å²) in [5.41, 5.74) is 1.30. The van der Waals surface area contributed by atoms with Crippen molar-refractivity contribution in [2.24, 2.45) is 0 Å². The van der Waals surface area contributed by atoms with Gasteiger partial charge in [0.2, 0.25) is 0 Å². The molecule has 2 aromatic rings. The van der Waals surface area contributed by atoms with Crippen molar-refractivity contribution in [3.05, 3.63) is 70.6 Å². The third-order valence-electron chi connectivity index (χ3n) is 3.06. The number of amides is 1. The van der Waals surface area contributed by atoms with Crippen molar-refractivity contribution in [1.82, 2.24) is 0 Å². The van der Waals surface area contributed by atoms with Crippen molar-refractivity contribution in [3.8, 4) is 6.07 Å². The van der Waals surface area contributed by atoms with Gasteiger partial charge >= 0.3 is 0 Å². The number of aryl methyl sites for hydroxylation is 1. The summed E-state index contributed by atoms with van der Waals surface area (Å²) < 4.78 is 13.5. The molecular formula is C17H13ClFN3O. The fourth-order valence-electron chi connectivity index (χ4n) is 1.80. The van der Waals surface area contributed by atoms with Crippen molar-refractivity contribution in [2.45, 2.75) is 6.92 Å². The third kappa shape index (κ3) is 4.31. The molecule has 0 fully saturated rings. The van der Waals surface area contributed by atoms with Gasteiger partial charge in [-0.2, -0.15) is 5.26 Å². The number of rotatable bonds is 4. The van der Waals surface area contributed by atoms with Crippen molar-refractivity contribution < 1.29 is 9.18 Å². The van der Waals surface area contributed by atoms with Crippen LogP contribution in [0.5, 0.6) is 0 Å². The van der Waals surface area contributed by atoms with E-state index in [9.17, 15) is 9.18 Å². The Morgan fingerprint density at radius 2 is 2.00 bits per heavy atom. The molecule has 0 heterocycles. The summed E-state index contributed by atoms with van der Waals surface area (Å²) in [7, 11) is 0. The molecule has 0 aliphatic rings. The van der Waals surface area contributed by atoms with Gasteiger partial charge in [-0.15, -0.1) is 0 Å². The minimum atomic E-state index is -0.610. The average molecular weight is 330 g/mol. The van der Waals surface area contributed by atoms with Crippen LogP contribution in [0, 0.1) is 24.1 Å². The molecule has 0 atom stereocenters. The van der Waals surface area contributed by atoms with Crippen LogP contribution in [0.2, 0.25) is 5.02 Å². The Balaban J connectivity index is 2.16. The Bertz CT molecular complexity index is 812. The molecular weight excluding hydrogens is 317 g/mol. The molecule has 0 spiro atoms. The van der Waals surface area contributed by atoms with E-state index in [0.717, 1.165) is 11.8 Å². The van der Waals surface area contributed by atoms with Gasteiger partial charge in [0.15, 0.2) is 0 Å².